The molecule has 2 aromatic rings. The molecule has 2 aromatic carbocycles. The van der Waals surface area contributed by atoms with Gasteiger partial charge in [-0.1, -0.05) is 24.3 Å². The van der Waals surface area contributed by atoms with E-state index in [-0.39, 0.29) is 11.9 Å². The minimum atomic E-state index is 0.229. The van der Waals surface area contributed by atoms with Crippen LogP contribution in [0.15, 0.2) is 48.5 Å². The van der Waals surface area contributed by atoms with E-state index in [0.29, 0.717) is 6.42 Å². The molecule has 0 aromatic heterocycles. The first-order valence-electron chi connectivity index (χ1n) is 8.44. The van der Waals surface area contributed by atoms with Gasteiger partial charge in [0, 0.05) is 31.2 Å². The largest absolute Gasteiger partial charge is 0.497 e. The smallest absolute Gasteiger partial charge is 0.227 e. The highest BCUT2D eigenvalue weighted by atomic mass is 16.5. The predicted octanol–water partition coefficient (Wildman–Crippen LogP) is 3.67. The van der Waals surface area contributed by atoms with Crippen molar-refractivity contribution in [1.29, 1.82) is 0 Å². The van der Waals surface area contributed by atoms with Gasteiger partial charge in [0.15, 0.2) is 0 Å². The van der Waals surface area contributed by atoms with E-state index in [9.17, 15) is 4.79 Å². The van der Waals surface area contributed by atoms with Crippen LogP contribution in [0.5, 0.6) is 5.75 Å². The van der Waals surface area contributed by atoms with E-state index in [0.717, 1.165) is 30.9 Å². The van der Waals surface area contributed by atoms with Crippen LogP contribution in [0.2, 0.25) is 0 Å². The van der Waals surface area contributed by atoms with Crippen LogP contribution in [-0.4, -0.2) is 19.6 Å². The van der Waals surface area contributed by atoms with Crippen LogP contribution in [0.25, 0.3) is 0 Å². The minimum Gasteiger partial charge on any atom is -0.497 e. The molecule has 1 aliphatic heterocycles. The Labute approximate surface area is 143 Å². The Morgan fingerprint density at radius 1 is 1.21 bits per heavy atom. The molecular formula is C20H24N2O2. The average molecular weight is 324 g/mol. The molecule has 24 heavy (non-hydrogen) atoms. The van der Waals surface area contributed by atoms with Gasteiger partial charge in [0.25, 0.3) is 0 Å². The van der Waals surface area contributed by atoms with Crippen molar-refractivity contribution in [2.45, 2.75) is 32.4 Å². The maximum Gasteiger partial charge on any atom is 0.227 e. The van der Waals surface area contributed by atoms with Crippen LogP contribution in [0.1, 0.15) is 36.9 Å². The van der Waals surface area contributed by atoms with Crippen LogP contribution in [0.4, 0.5) is 5.69 Å². The number of hydrogen-bond acceptors (Lipinski definition) is 3. The summed E-state index contributed by atoms with van der Waals surface area (Å²) in [5.74, 6) is 1.11. The van der Waals surface area contributed by atoms with Crippen molar-refractivity contribution in [2.24, 2.45) is 0 Å². The molecule has 3 rings (SSSR count). The Morgan fingerprint density at radius 3 is 2.67 bits per heavy atom. The lowest BCUT2D eigenvalue weighted by atomic mass is 10.1. The van der Waals surface area contributed by atoms with Crippen LogP contribution in [0, 0.1) is 0 Å². The molecule has 0 bridgehead atoms. The third kappa shape index (κ3) is 3.77. The maximum absolute atomic E-state index is 11.8. The third-order valence-corrected chi connectivity index (χ3v) is 4.52. The number of anilines is 1. The van der Waals surface area contributed by atoms with Crippen molar-refractivity contribution >= 4 is 11.6 Å². The zero-order chi connectivity index (χ0) is 16.9. The van der Waals surface area contributed by atoms with Gasteiger partial charge in [-0.3, -0.25) is 4.79 Å². The number of carbonyl (C=O) groups is 1. The number of ether oxygens (including phenoxy) is 1. The molecule has 1 aliphatic rings. The van der Waals surface area contributed by atoms with Crippen molar-refractivity contribution in [1.82, 2.24) is 5.32 Å². The van der Waals surface area contributed by atoms with E-state index in [4.69, 9.17) is 4.74 Å². The van der Waals surface area contributed by atoms with E-state index in [2.05, 4.69) is 30.4 Å². The van der Waals surface area contributed by atoms with Gasteiger partial charge in [-0.25, -0.2) is 0 Å². The number of carbonyl (C=O) groups excluding carboxylic acids is 1. The number of benzene rings is 2. The molecule has 0 radical (unpaired) electrons. The molecule has 0 aliphatic carbocycles. The van der Waals surface area contributed by atoms with Crippen molar-refractivity contribution in [3.8, 4) is 5.75 Å². The number of methoxy groups -OCH3 is 1. The SMILES string of the molecule is COc1cccc(CNC(C)c2ccc(N3CCCC3=O)cc2)c1. The number of amides is 1. The fraction of sp³-hybridized carbons (Fsp3) is 0.350. The summed E-state index contributed by atoms with van der Waals surface area (Å²) in [6.07, 6.45) is 1.62. The van der Waals surface area contributed by atoms with Crippen LogP contribution < -0.4 is 15.0 Å². The lowest BCUT2D eigenvalue weighted by Crippen LogP contribution is -2.23. The first kappa shape index (κ1) is 16.5. The molecule has 0 spiro atoms. The van der Waals surface area contributed by atoms with Gasteiger partial charge in [-0.15, -0.1) is 0 Å². The van der Waals surface area contributed by atoms with Crippen LogP contribution in [0.3, 0.4) is 0 Å². The molecule has 4 heteroatoms. The van der Waals surface area contributed by atoms with Crippen molar-refractivity contribution in [2.75, 3.05) is 18.6 Å². The summed E-state index contributed by atoms with van der Waals surface area (Å²) in [5, 5.41) is 3.53. The predicted molar refractivity (Wildman–Crippen MR) is 96.3 cm³/mol. The fourth-order valence-electron chi connectivity index (χ4n) is 3.04. The van der Waals surface area contributed by atoms with E-state index < -0.39 is 0 Å². The first-order chi connectivity index (χ1) is 11.7. The number of nitrogens with zero attached hydrogens (tertiary/aromatic N) is 1. The summed E-state index contributed by atoms with van der Waals surface area (Å²) in [6.45, 7) is 3.77. The monoisotopic (exact) mass is 324 g/mol. The second-order valence-electron chi connectivity index (χ2n) is 6.19. The summed E-state index contributed by atoms with van der Waals surface area (Å²) in [5.41, 5.74) is 3.41. The van der Waals surface area contributed by atoms with Gasteiger partial charge < -0.3 is 15.0 Å². The lowest BCUT2D eigenvalue weighted by Gasteiger charge is -2.18. The normalized spacial score (nSPS) is 15.6. The van der Waals surface area contributed by atoms with E-state index in [1.54, 1.807) is 7.11 Å². The summed E-state index contributed by atoms with van der Waals surface area (Å²) < 4.78 is 5.26. The summed E-state index contributed by atoms with van der Waals surface area (Å²) >= 11 is 0. The highest BCUT2D eigenvalue weighted by molar-refractivity contribution is 5.95. The summed E-state index contributed by atoms with van der Waals surface area (Å²) in [4.78, 5) is 13.7. The lowest BCUT2D eigenvalue weighted by molar-refractivity contribution is -0.117. The molecule has 0 saturated carbocycles. The third-order valence-electron chi connectivity index (χ3n) is 4.52. The molecule has 4 nitrogen and oxygen atoms in total. The van der Waals surface area contributed by atoms with Crippen LogP contribution >= 0.6 is 0 Å². The Hall–Kier alpha value is -2.33. The molecule has 1 fully saturated rings. The van der Waals surface area contributed by atoms with Crippen molar-refractivity contribution in [3.05, 3.63) is 59.7 Å². The van der Waals surface area contributed by atoms with Gasteiger partial charge >= 0.3 is 0 Å². The van der Waals surface area contributed by atoms with Gasteiger partial charge in [0.1, 0.15) is 5.75 Å². The minimum absolute atomic E-state index is 0.229. The summed E-state index contributed by atoms with van der Waals surface area (Å²) in [6, 6.07) is 16.6. The van der Waals surface area contributed by atoms with Gasteiger partial charge in [0.2, 0.25) is 5.91 Å². The molecule has 1 heterocycles. The second kappa shape index (κ2) is 7.49. The highest BCUT2D eigenvalue weighted by Gasteiger charge is 2.21. The van der Waals surface area contributed by atoms with Crippen molar-refractivity contribution < 1.29 is 9.53 Å². The molecule has 1 atom stereocenters. The highest BCUT2D eigenvalue weighted by Crippen LogP contribution is 2.23. The Balaban J connectivity index is 1.60. The number of hydrogen-bond donors (Lipinski definition) is 1. The van der Waals surface area contributed by atoms with Crippen LogP contribution in [-0.2, 0) is 11.3 Å². The number of rotatable bonds is 6. The fourth-order valence-corrected chi connectivity index (χ4v) is 3.04. The zero-order valence-corrected chi connectivity index (χ0v) is 14.3. The number of nitrogens with one attached hydrogen (secondary N) is 1. The topological polar surface area (TPSA) is 41.6 Å². The molecular weight excluding hydrogens is 300 g/mol. The molecule has 1 amide bonds. The van der Waals surface area contributed by atoms with Gasteiger partial charge in [-0.2, -0.15) is 0 Å². The average Bonchev–Trinajstić information content (AvgIpc) is 3.06. The Morgan fingerprint density at radius 2 is 2.00 bits per heavy atom. The van der Waals surface area contributed by atoms with E-state index in [1.165, 1.54) is 11.1 Å². The molecule has 126 valence electrons. The Kier molecular flexibility index (Phi) is 5.16. The summed E-state index contributed by atoms with van der Waals surface area (Å²) in [7, 11) is 1.68. The van der Waals surface area contributed by atoms with E-state index >= 15 is 0 Å². The molecule has 1 unspecified atom stereocenters. The van der Waals surface area contributed by atoms with Gasteiger partial charge in [-0.05, 0) is 48.7 Å². The van der Waals surface area contributed by atoms with E-state index in [1.807, 2.05) is 35.2 Å². The first-order valence-corrected chi connectivity index (χ1v) is 8.44. The van der Waals surface area contributed by atoms with Gasteiger partial charge in [0.05, 0.1) is 7.11 Å². The molecule has 1 N–H and O–H groups in total. The zero-order valence-electron chi connectivity index (χ0n) is 14.3. The standard InChI is InChI=1S/C20H24N2O2/c1-15(21-14-16-5-3-6-19(13-16)24-2)17-8-10-18(11-9-17)22-12-4-7-20(22)23/h3,5-6,8-11,13,15,21H,4,7,12,14H2,1-2H3. The Bertz CT molecular complexity index is 697. The van der Waals surface area contributed by atoms with Crippen molar-refractivity contribution in [3.63, 3.8) is 0 Å². The molecule has 1 saturated heterocycles. The second-order valence-corrected chi connectivity index (χ2v) is 6.19. The maximum atomic E-state index is 11.8. The quantitative estimate of drug-likeness (QED) is 0.881.